The van der Waals surface area contributed by atoms with Crippen molar-refractivity contribution in [2.45, 2.75) is 39.0 Å². The molecule has 4 nitrogen and oxygen atoms in total. The summed E-state index contributed by atoms with van der Waals surface area (Å²) >= 11 is 0. The van der Waals surface area contributed by atoms with E-state index in [1.165, 1.54) is 0 Å². The minimum atomic E-state index is -0.116. The summed E-state index contributed by atoms with van der Waals surface area (Å²) in [5.74, 6) is 0. The van der Waals surface area contributed by atoms with Gasteiger partial charge < -0.3 is 22.9 Å². The average Bonchev–Trinajstić information content (AvgIpc) is 1.89. The van der Waals surface area contributed by atoms with Crippen LogP contribution >= 0.6 is 0 Å². The Morgan fingerprint density at radius 3 is 0.909 bits per heavy atom. The summed E-state index contributed by atoms with van der Waals surface area (Å²) in [5.41, 5.74) is 20.3. The smallest absolute Gasteiger partial charge is 0.316 e. The summed E-state index contributed by atoms with van der Waals surface area (Å²) in [6.45, 7) is 3.90. The van der Waals surface area contributed by atoms with Crippen molar-refractivity contribution in [1.29, 1.82) is 0 Å². The van der Waals surface area contributed by atoms with Crippen molar-refractivity contribution in [2.75, 3.05) is 0 Å². The zero-order chi connectivity index (χ0) is 8.57. The third-order valence-electron chi connectivity index (χ3n) is 0.943. The molecule has 0 fully saturated rings. The Balaban J connectivity index is -0.000000107. The molecule has 0 rings (SSSR count). The molecule has 0 unspecified atom stereocenters. The van der Waals surface area contributed by atoms with E-state index in [4.69, 9.17) is 22.9 Å². The first-order valence-electron chi connectivity index (χ1n) is 3.56. The van der Waals surface area contributed by atoms with Crippen LogP contribution in [0.15, 0.2) is 0 Å². The molecule has 0 aliphatic heterocycles. The molecule has 0 radical (unpaired) electrons. The van der Waals surface area contributed by atoms with Crippen LogP contribution in [0, 0.1) is 0 Å². The van der Waals surface area contributed by atoms with E-state index in [0.717, 1.165) is 12.8 Å². The summed E-state index contributed by atoms with van der Waals surface area (Å²) in [7, 11) is 0. The van der Waals surface area contributed by atoms with Crippen molar-refractivity contribution in [1.82, 2.24) is 0 Å². The predicted octanol–water partition coefficient (Wildman–Crippen LogP) is -0.723. The van der Waals surface area contributed by atoms with E-state index in [1.54, 1.807) is 0 Å². The summed E-state index contributed by atoms with van der Waals surface area (Å²) in [6.07, 6.45) is 1.49. The fourth-order valence-electron chi connectivity index (χ4n) is 0. The third-order valence-corrected chi connectivity index (χ3v) is 0.943. The van der Waals surface area contributed by atoms with Crippen LogP contribution in [0.2, 0.25) is 0 Å². The van der Waals surface area contributed by atoms with Crippen molar-refractivity contribution >= 4 is 0 Å². The topological polar surface area (TPSA) is 104 Å². The molecule has 11 heavy (non-hydrogen) atoms. The zero-order valence-corrected chi connectivity index (χ0v) is 8.12. The van der Waals surface area contributed by atoms with Crippen LogP contribution in [-0.2, 0) is 17.1 Å². The van der Waals surface area contributed by atoms with Crippen molar-refractivity contribution < 1.29 is 17.1 Å². The molecular formula is C6H20CuN4+. The number of hydrogen-bond donors (Lipinski definition) is 4. The second kappa shape index (κ2) is 13.0. The van der Waals surface area contributed by atoms with Crippen LogP contribution in [0.3, 0.4) is 0 Å². The molecule has 0 aromatic heterocycles. The van der Waals surface area contributed by atoms with Gasteiger partial charge in [-0.05, 0) is 12.8 Å². The van der Waals surface area contributed by atoms with Crippen molar-refractivity contribution in [2.24, 2.45) is 22.9 Å². The van der Waals surface area contributed by atoms with E-state index < -0.39 is 0 Å². The molecule has 0 aliphatic carbocycles. The first kappa shape index (κ1) is 17.4. The maximum Gasteiger partial charge on any atom is 1.00 e. The van der Waals surface area contributed by atoms with Gasteiger partial charge in [0.15, 0.2) is 0 Å². The van der Waals surface area contributed by atoms with Gasteiger partial charge in [0, 0.05) is 0 Å². The number of nitrogens with two attached hydrogens (primary N) is 4. The molecule has 0 aliphatic rings. The maximum absolute atomic E-state index is 5.07. The molecule has 0 spiro atoms. The van der Waals surface area contributed by atoms with Gasteiger partial charge in [0.25, 0.3) is 0 Å². The second-order valence-electron chi connectivity index (χ2n) is 2.14. The van der Waals surface area contributed by atoms with Gasteiger partial charge in [0.2, 0.25) is 0 Å². The summed E-state index contributed by atoms with van der Waals surface area (Å²) in [6, 6.07) is 0. The Morgan fingerprint density at radius 1 is 0.818 bits per heavy atom. The number of hydrogen-bond acceptors (Lipinski definition) is 4. The van der Waals surface area contributed by atoms with E-state index in [2.05, 4.69) is 0 Å². The van der Waals surface area contributed by atoms with Crippen LogP contribution in [0.4, 0.5) is 0 Å². The molecule has 0 saturated heterocycles. The predicted molar refractivity (Wildman–Crippen MR) is 44.9 cm³/mol. The first-order chi connectivity index (χ1) is 4.54. The Bertz CT molecular complexity index is 50.5. The maximum atomic E-state index is 5.07. The summed E-state index contributed by atoms with van der Waals surface area (Å²) in [4.78, 5) is 0. The standard InChI is InChI=1S/2C3H10N2.Cu/c2*1-2-3(4)5;/h2*3H,2,4-5H2,1H3;/q;;+1. The van der Waals surface area contributed by atoms with Gasteiger partial charge >= 0.3 is 17.1 Å². The molecule has 0 aromatic carbocycles. The Kier molecular flexibility index (Phi) is 20.6. The van der Waals surface area contributed by atoms with Crippen LogP contribution in [0.25, 0.3) is 0 Å². The molecule has 0 saturated carbocycles. The van der Waals surface area contributed by atoms with Gasteiger partial charge in [0.05, 0.1) is 12.3 Å². The minimum Gasteiger partial charge on any atom is -0.316 e. The monoisotopic (exact) mass is 211 g/mol. The minimum absolute atomic E-state index is 0. The molecule has 0 bridgehead atoms. The molecule has 0 aromatic rings. The summed E-state index contributed by atoms with van der Waals surface area (Å²) in [5, 5.41) is 0. The first-order valence-corrected chi connectivity index (χ1v) is 3.56. The van der Waals surface area contributed by atoms with Crippen molar-refractivity contribution in [3.8, 4) is 0 Å². The molecule has 74 valence electrons. The van der Waals surface area contributed by atoms with Gasteiger partial charge in [-0.2, -0.15) is 0 Å². The SMILES string of the molecule is CCC(N)N.CCC(N)N.[Cu+]. The Hall–Kier alpha value is 0.359. The van der Waals surface area contributed by atoms with Crippen LogP contribution in [0.1, 0.15) is 26.7 Å². The van der Waals surface area contributed by atoms with E-state index in [0.29, 0.717) is 0 Å². The third kappa shape index (κ3) is 38.1. The van der Waals surface area contributed by atoms with Gasteiger partial charge in [-0.25, -0.2) is 0 Å². The molecular weight excluding hydrogens is 192 g/mol. The number of rotatable bonds is 2. The van der Waals surface area contributed by atoms with Crippen molar-refractivity contribution in [3.05, 3.63) is 0 Å². The van der Waals surface area contributed by atoms with Gasteiger partial charge in [-0.3, -0.25) is 0 Å². The fourth-order valence-corrected chi connectivity index (χ4v) is 0. The Labute approximate surface area is 79.5 Å². The van der Waals surface area contributed by atoms with E-state index >= 15 is 0 Å². The Morgan fingerprint density at radius 2 is 0.909 bits per heavy atom. The summed E-state index contributed by atoms with van der Waals surface area (Å²) < 4.78 is 0. The van der Waals surface area contributed by atoms with E-state index in [-0.39, 0.29) is 29.4 Å². The molecule has 0 heterocycles. The zero-order valence-electron chi connectivity index (χ0n) is 7.18. The molecule has 8 N–H and O–H groups in total. The van der Waals surface area contributed by atoms with Gasteiger partial charge in [0.1, 0.15) is 0 Å². The largest absolute Gasteiger partial charge is 1.00 e. The molecule has 0 amide bonds. The van der Waals surface area contributed by atoms with E-state index in [9.17, 15) is 0 Å². The van der Waals surface area contributed by atoms with Crippen molar-refractivity contribution in [3.63, 3.8) is 0 Å². The second-order valence-corrected chi connectivity index (χ2v) is 2.14. The van der Waals surface area contributed by atoms with Crippen LogP contribution in [-0.4, -0.2) is 12.3 Å². The average molecular weight is 212 g/mol. The van der Waals surface area contributed by atoms with Crippen LogP contribution < -0.4 is 22.9 Å². The fraction of sp³-hybridized carbons (Fsp3) is 1.00. The van der Waals surface area contributed by atoms with Gasteiger partial charge in [-0.1, -0.05) is 13.8 Å². The normalized spacial score (nSPS) is 8.73. The molecule has 5 heteroatoms. The van der Waals surface area contributed by atoms with E-state index in [1.807, 2.05) is 13.8 Å². The molecule has 0 atom stereocenters. The quantitative estimate of drug-likeness (QED) is 0.358. The van der Waals surface area contributed by atoms with Crippen LogP contribution in [0.5, 0.6) is 0 Å². The van der Waals surface area contributed by atoms with Gasteiger partial charge in [-0.15, -0.1) is 0 Å².